The Balaban J connectivity index is 0.00000116. The van der Waals surface area contributed by atoms with E-state index in [1.807, 2.05) is 20.8 Å². The molecule has 1 aliphatic rings. The maximum Gasteiger partial charge on any atom is 0.251 e. The lowest BCUT2D eigenvalue weighted by Gasteiger charge is -2.31. The first-order valence-corrected chi connectivity index (χ1v) is 7.78. The molecule has 2 rings (SSSR count). The van der Waals surface area contributed by atoms with Crippen molar-refractivity contribution >= 4 is 5.91 Å². The van der Waals surface area contributed by atoms with E-state index in [9.17, 15) is 9.18 Å². The van der Waals surface area contributed by atoms with Gasteiger partial charge in [0.15, 0.2) is 11.6 Å². The molecule has 120 valence electrons. The summed E-state index contributed by atoms with van der Waals surface area (Å²) < 4.78 is 18.8. The van der Waals surface area contributed by atoms with Crippen LogP contribution in [0.15, 0.2) is 18.2 Å². The number of amides is 1. The molecule has 4 heteroatoms. The van der Waals surface area contributed by atoms with Crippen molar-refractivity contribution in [2.45, 2.75) is 46.1 Å². The summed E-state index contributed by atoms with van der Waals surface area (Å²) in [6.45, 7) is 5.99. The van der Waals surface area contributed by atoms with Crippen LogP contribution in [0, 0.1) is 24.1 Å². The number of carbonyl (C=O) groups excluding carboxylic acids is 1. The van der Waals surface area contributed by atoms with Gasteiger partial charge in [0, 0.05) is 11.6 Å². The van der Waals surface area contributed by atoms with Crippen molar-refractivity contribution in [2.75, 3.05) is 6.61 Å². The Morgan fingerprint density at radius 3 is 2.68 bits per heavy atom. The summed E-state index contributed by atoms with van der Waals surface area (Å²) in [6, 6.07) is 4.26. The predicted octanol–water partition coefficient (Wildman–Crippen LogP) is 3.78. The molecule has 3 nitrogen and oxygen atoms in total. The lowest BCUT2D eigenvalue weighted by atomic mass is 9.80. The second-order valence-electron chi connectivity index (χ2n) is 5.09. The summed E-state index contributed by atoms with van der Waals surface area (Å²) in [5.41, 5.74) is 0.293. The van der Waals surface area contributed by atoms with Gasteiger partial charge in [-0.3, -0.25) is 4.79 Å². The molecule has 1 unspecified atom stereocenters. The van der Waals surface area contributed by atoms with Gasteiger partial charge in [-0.2, -0.15) is 0 Å². The average molecular weight is 305 g/mol. The molecule has 0 aromatic heterocycles. The number of hydrogen-bond acceptors (Lipinski definition) is 2. The number of carbonyl (C=O) groups is 1. The summed E-state index contributed by atoms with van der Waals surface area (Å²) in [5, 5.41) is 2.91. The molecular weight excluding hydrogens is 281 g/mol. The van der Waals surface area contributed by atoms with Crippen LogP contribution in [0.25, 0.3) is 0 Å². The lowest BCUT2D eigenvalue weighted by molar-refractivity contribution is 0.0908. The van der Waals surface area contributed by atoms with Crippen LogP contribution < -0.4 is 10.1 Å². The monoisotopic (exact) mass is 305 g/mol. The zero-order valence-corrected chi connectivity index (χ0v) is 13.5. The van der Waals surface area contributed by atoms with Crippen molar-refractivity contribution in [1.82, 2.24) is 5.32 Å². The Bertz CT molecular complexity index is 532. The molecule has 0 heterocycles. The topological polar surface area (TPSA) is 38.3 Å². The number of ether oxygens (including phenoxy) is 1. The highest BCUT2D eigenvalue weighted by Gasteiger charge is 2.25. The Kier molecular flexibility index (Phi) is 7.45. The molecule has 1 N–H and O–H groups in total. The number of benzene rings is 1. The Morgan fingerprint density at radius 2 is 2.18 bits per heavy atom. The SMILES string of the molecule is C#CCOc1ccc(C(=O)NC(C)C2CCC2)cc1F.CC. The van der Waals surface area contributed by atoms with Gasteiger partial charge in [-0.05, 0) is 43.9 Å². The first-order valence-electron chi connectivity index (χ1n) is 7.78. The van der Waals surface area contributed by atoms with Gasteiger partial charge in [-0.1, -0.05) is 26.2 Å². The van der Waals surface area contributed by atoms with E-state index in [4.69, 9.17) is 11.2 Å². The molecule has 1 aromatic carbocycles. The quantitative estimate of drug-likeness (QED) is 0.841. The second kappa shape index (κ2) is 9.09. The standard InChI is InChI=1S/C16H18FNO2.C2H6/c1-3-9-20-15-8-7-13(10-14(15)17)16(19)18-11(2)12-5-4-6-12;1-2/h1,7-8,10-12H,4-6,9H2,2H3,(H,18,19);1-2H3. The van der Waals surface area contributed by atoms with Gasteiger partial charge < -0.3 is 10.1 Å². The predicted molar refractivity (Wildman–Crippen MR) is 86.3 cm³/mol. The first kappa shape index (κ1) is 18.0. The highest BCUT2D eigenvalue weighted by atomic mass is 19.1. The molecule has 1 saturated carbocycles. The van der Waals surface area contributed by atoms with E-state index in [0.717, 1.165) is 12.8 Å². The van der Waals surface area contributed by atoms with Crippen molar-refractivity contribution in [1.29, 1.82) is 0 Å². The average Bonchev–Trinajstić information content (AvgIpc) is 2.46. The number of hydrogen-bond donors (Lipinski definition) is 1. The normalized spacial score (nSPS) is 14.7. The van der Waals surface area contributed by atoms with Crippen molar-refractivity contribution in [3.63, 3.8) is 0 Å². The summed E-state index contributed by atoms with van der Waals surface area (Å²) in [7, 11) is 0. The molecule has 22 heavy (non-hydrogen) atoms. The van der Waals surface area contributed by atoms with E-state index in [0.29, 0.717) is 11.5 Å². The number of halogens is 1. The maximum absolute atomic E-state index is 13.7. The van der Waals surface area contributed by atoms with Crippen molar-refractivity contribution in [3.8, 4) is 18.1 Å². The van der Waals surface area contributed by atoms with Crippen molar-refractivity contribution < 1.29 is 13.9 Å². The summed E-state index contributed by atoms with van der Waals surface area (Å²) >= 11 is 0. The van der Waals surface area contributed by atoms with E-state index in [1.54, 1.807) is 0 Å². The Morgan fingerprint density at radius 1 is 1.50 bits per heavy atom. The second-order valence-corrected chi connectivity index (χ2v) is 5.09. The third-order valence-electron chi connectivity index (χ3n) is 3.72. The zero-order valence-electron chi connectivity index (χ0n) is 13.5. The van der Waals surface area contributed by atoms with Gasteiger partial charge in [0.05, 0.1) is 0 Å². The molecule has 0 aliphatic heterocycles. The van der Waals surface area contributed by atoms with E-state index < -0.39 is 5.82 Å². The number of terminal acetylenes is 1. The molecule has 1 atom stereocenters. The van der Waals surface area contributed by atoms with Gasteiger partial charge >= 0.3 is 0 Å². The fraction of sp³-hybridized carbons (Fsp3) is 0.500. The van der Waals surface area contributed by atoms with Gasteiger partial charge in [-0.25, -0.2) is 4.39 Å². The number of rotatable bonds is 5. The van der Waals surface area contributed by atoms with Gasteiger partial charge in [0.2, 0.25) is 0 Å². The van der Waals surface area contributed by atoms with Crippen molar-refractivity contribution in [3.05, 3.63) is 29.6 Å². The summed E-state index contributed by atoms with van der Waals surface area (Å²) in [5.74, 6) is 2.03. The summed E-state index contributed by atoms with van der Waals surface area (Å²) in [4.78, 5) is 12.0. The van der Waals surface area contributed by atoms with Crippen LogP contribution in [-0.2, 0) is 0 Å². The highest BCUT2D eigenvalue weighted by molar-refractivity contribution is 5.94. The smallest absolute Gasteiger partial charge is 0.251 e. The maximum atomic E-state index is 13.7. The minimum absolute atomic E-state index is 0.00117. The third-order valence-corrected chi connectivity index (χ3v) is 3.72. The molecule has 1 amide bonds. The molecular formula is C18H24FNO2. The van der Waals surface area contributed by atoms with E-state index >= 15 is 0 Å². The van der Waals surface area contributed by atoms with Crippen LogP contribution in [0.3, 0.4) is 0 Å². The third kappa shape index (κ3) is 4.77. The fourth-order valence-corrected chi connectivity index (χ4v) is 2.23. The highest BCUT2D eigenvalue weighted by Crippen LogP contribution is 2.29. The van der Waals surface area contributed by atoms with Crippen LogP contribution in [0.1, 0.15) is 50.4 Å². The largest absolute Gasteiger partial charge is 0.478 e. The zero-order chi connectivity index (χ0) is 16.5. The van der Waals surface area contributed by atoms with Crippen LogP contribution in [-0.4, -0.2) is 18.6 Å². The fourth-order valence-electron chi connectivity index (χ4n) is 2.23. The molecule has 1 aromatic rings. The first-order chi connectivity index (χ1) is 10.6. The van der Waals surface area contributed by atoms with Crippen LogP contribution in [0.2, 0.25) is 0 Å². The molecule has 0 spiro atoms. The van der Waals surface area contributed by atoms with E-state index in [2.05, 4.69) is 11.2 Å². The van der Waals surface area contributed by atoms with Crippen LogP contribution in [0.4, 0.5) is 4.39 Å². The van der Waals surface area contributed by atoms with Gasteiger partial charge in [-0.15, -0.1) is 6.42 Å². The molecule has 0 saturated heterocycles. The Hall–Kier alpha value is -2.02. The van der Waals surface area contributed by atoms with Gasteiger partial charge in [0.25, 0.3) is 5.91 Å². The van der Waals surface area contributed by atoms with E-state index in [1.165, 1.54) is 24.6 Å². The molecule has 1 aliphatic carbocycles. The van der Waals surface area contributed by atoms with Crippen molar-refractivity contribution in [2.24, 2.45) is 5.92 Å². The number of nitrogens with one attached hydrogen (secondary N) is 1. The van der Waals surface area contributed by atoms with E-state index in [-0.39, 0.29) is 24.3 Å². The summed E-state index contributed by atoms with van der Waals surface area (Å²) in [6.07, 6.45) is 8.56. The van der Waals surface area contributed by atoms with Crippen LogP contribution in [0.5, 0.6) is 5.75 Å². The Labute approximate surface area is 132 Å². The van der Waals surface area contributed by atoms with Gasteiger partial charge in [0.1, 0.15) is 6.61 Å². The minimum Gasteiger partial charge on any atom is -0.478 e. The molecule has 0 radical (unpaired) electrons. The minimum atomic E-state index is -0.579. The lowest BCUT2D eigenvalue weighted by Crippen LogP contribution is -2.40. The molecule has 0 bridgehead atoms. The van der Waals surface area contributed by atoms with Crippen LogP contribution >= 0.6 is 0 Å². The molecule has 1 fully saturated rings.